The number of thiophene rings is 1. The van der Waals surface area contributed by atoms with E-state index in [9.17, 15) is 9.90 Å². The average Bonchev–Trinajstić information content (AvgIpc) is 3.21. The van der Waals surface area contributed by atoms with E-state index in [4.69, 9.17) is 23.2 Å². The van der Waals surface area contributed by atoms with Gasteiger partial charge >= 0.3 is 0 Å². The zero-order valence-electron chi connectivity index (χ0n) is 15.8. The predicted molar refractivity (Wildman–Crippen MR) is 117 cm³/mol. The molecule has 4 N–H and O–H groups in total. The Labute approximate surface area is 179 Å². The first-order valence-corrected chi connectivity index (χ1v) is 10.5. The van der Waals surface area contributed by atoms with E-state index < -0.39 is 5.60 Å². The molecule has 1 heterocycles. The molecule has 1 unspecified atom stereocenters. The zero-order valence-corrected chi connectivity index (χ0v) is 18.1. The Hall–Kier alpha value is -1.80. The maximum atomic E-state index is 12.1. The maximum absolute atomic E-state index is 12.1. The summed E-state index contributed by atoms with van der Waals surface area (Å²) in [4.78, 5) is 16.6. The molecule has 0 radical (unpaired) electrons. The molecule has 0 fully saturated rings. The van der Waals surface area contributed by atoms with Gasteiger partial charge in [-0.1, -0.05) is 23.2 Å². The number of hydrogen-bond donors (Lipinski definition) is 4. The predicted octanol–water partition coefficient (Wildman–Crippen LogP) is 3.25. The number of aliphatic hydroxyl groups is 1. The first kappa shape index (κ1) is 22.5. The van der Waals surface area contributed by atoms with Crippen LogP contribution in [0.4, 0.5) is 0 Å². The van der Waals surface area contributed by atoms with Crippen LogP contribution in [0.2, 0.25) is 10.0 Å². The molecule has 28 heavy (non-hydrogen) atoms. The highest BCUT2D eigenvalue weighted by molar-refractivity contribution is 7.08. The Balaban J connectivity index is 1.84. The van der Waals surface area contributed by atoms with Gasteiger partial charge < -0.3 is 21.1 Å². The van der Waals surface area contributed by atoms with Gasteiger partial charge in [-0.25, -0.2) is 4.99 Å². The number of amides is 1. The van der Waals surface area contributed by atoms with Crippen LogP contribution in [-0.4, -0.2) is 43.2 Å². The standard InChI is InChI=1S/C19H24Cl2N4O2S/c1-3-22-18(25-12-19(2,27)14-6-9-28-11-14)24-8-7-23-17(26)13-4-5-15(20)16(21)10-13/h4-6,9-11,27H,3,7-8,12H2,1-2H3,(H,23,26)(H2,22,24,25). The lowest BCUT2D eigenvalue weighted by atomic mass is 10.00. The Morgan fingerprint density at radius 2 is 1.93 bits per heavy atom. The van der Waals surface area contributed by atoms with Crippen LogP contribution < -0.4 is 16.0 Å². The van der Waals surface area contributed by atoms with Crippen LogP contribution >= 0.6 is 34.5 Å². The summed E-state index contributed by atoms with van der Waals surface area (Å²) >= 11 is 13.3. The number of nitrogens with zero attached hydrogens (tertiary/aromatic N) is 1. The number of benzene rings is 1. The minimum absolute atomic E-state index is 0.217. The van der Waals surface area contributed by atoms with E-state index in [1.165, 1.54) is 17.4 Å². The Morgan fingerprint density at radius 1 is 1.18 bits per heavy atom. The molecule has 0 aliphatic carbocycles. The first-order chi connectivity index (χ1) is 13.3. The molecule has 0 saturated heterocycles. The molecule has 9 heteroatoms. The van der Waals surface area contributed by atoms with E-state index in [2.05, 4.69) is 20.9 Å². The highest BCUT2D eigenvalue weighted by atomic mass is 35.5. The van der Waals surface area contributed by atoms with Crippen molar-refractivity contribution in [2.24, 2.45) is 4.99 Å². The molecule has 0 bridgehead atoms. The molecule has 1 atom stereocenters. The first-order valence-electron chi connectivity index (χ1n) is 8.84. The lowest BCUT2D eigenvalue weighted by Gasteiger charge is -2.21. The summed E-state index contributed by atoms with van der Waals surface area (Å²) in [6, 6.07) is 6.63. The third kappa shape index (κ3) is 6.67. The summed E-state index contributed by atoms with van der Waals surface area (Å²) in [5, 5.41) is 24.2. The molecule has 1 aromatic heterocycles. The van der Waals surface area contributed by atoms with Gasteiger partial charge in [0, 0.05) is 25.2 Å². The van der Waals surface area contributed by atoms with E-state index in [0.717, 1.165) is 5.56 Å². The summed E-state index contributed by atoms with van der Waals surface area (Å²) in [5.74, 6) is 0.337. The summed E-state index contributed by atoms with van der Waals surface area (Å²) in [7, 11) is 0. The van der Waals surface area contributed by atoms with Crippen molar-refractivity contribution < 1.29 is 9.90 Å². The van der Waals surface area contributed by atoms with Crippen LogP contribution in [-0.2, 0) is 5.60 Å². The van der Waals surface area contributed by atoms with Gasteiger partial charge in [0.2, 0.25) is 0 Å². The molecule has 1 aromatic carbocycles. The molecule has 0 spiro atoms. The highest BCUT2D eigenvalue weighted by Crippen LogP contribution is 2.23. The Morgan fingerprint density at radius 3 is 2.57 bits per heavy atom. The van der Waals surface area contributed by atoms with E-state index in [0.29, 0.717) is 41.2 Å². The van der Waals surface area contributed by atoms with Gasteiger partial charge in [0.1, 0.15) is 5.60 Å². The normalized spacial score (nSPS) is 13.7. The van der Waals surface area contributed by atoms with Gasteiger partial charge in [-0.3, -0.25) is 4.79 Å². The molecular formula is C19H24Cl2N4O2S. The Bertz CT molecular complexity index is 810. The number of nitrogens with one attached hydrogen (secondary N) is 3. The van der Waals surface area contributed by atoms with E-state index >= 15 is 0 Å². The molecule has 2 aromatic rings. The second-order valence-corrected chi connectivity index (χ2v) is 7.89. The van der Waals surface area contributed by atoms with Gasteiger partial charge in [0.05, 0.1) is 16.6 Å². The number of halogens is 2. The van der Waals surface area contributed by atoms with Crippen molar-refractivity contribution in [3.05, 3.63) is 56.2 Å². The van der Waals surface area contributed by atoms with Crippen molar-refractivity contribution in [3.63, 3.8) is 0 Å². The molecule has 0 aliphatic heterocycles. The SMILES string of the molecule is CCNC(=NCC(C)(O)c1ccsc1)NCCNC(=O)c1ccc(Cl)c(Cl)c1. The van der Waals surface area contributed by atoms with Crippen LogP contribution in [0.3, 0.4) is 0 Å². The number of carbonyl (C=O) groups excluding carboxylic acids is 1. The third-order valence-corrected chi connectivity index (χ3v) is 5.34. The minimum atomic E-state index is -1.04. The van der Waals surface area contributed by atoms with Gasteiger partial charge in [0.25, 0.3) is 5.91 Å². The third-order valence-electron chi connectivity index (χ3n) is 3.92. The van der Waals surface area contributed by atoms with E-state index in [1.54, 1.807) is 19.1 Å². The van der Waals surface area contributed by atoms with Gasteiger partial charge in [0.15, 0.2) is 5.96 Å². The largest absolute Gasteiger partial charge is 0.383 e. The van der Waals surface area contributed by atoms with Crippen LogP contribution in [0.5, 0.6) is 0 Å². The van der Waals surface area contributed by atoms with Gasteiger partial charge in [-0.2, -0.15) is 11.3 Å². The zero-order chi connectivity index (χ0) is 20.6. The summed E-state index contributed by atoms with van der Waals surface area (Å²) in [5.41, 5.74) is 0.248. The summed E-state index contributed by atoms with van der Waals surface area (Å²) in [6.45, 7) is 5.46. The van der Waals surface area contributed by atoms with Crippen molar-refractivity contribution in [3.8, 4) is 0 Å². The monoisotopic (exact) mass is 442 g/mol. The fraction of sp³-hybridized carbons (Fsp3) is 0.368. The number of hydrogen-bond acceptors (Lipinski definition) is 4. The van der Waals surface area contributed by atoms with Crippen molar-refractivity contribution in [1.29, 1.82) is 0 Å². The number of carbonyl (C=O) groups is 1. The van der Waals surface area contributed by atoms with Crippen LogP contribution in [0.25, 0.3) is 0 Å². The van der Waals surface area contributed by atoms with Crippen molar-refractivity contribution >= 4 is 46.4 Å². The second kappa shape index (κ2) is 10.7. The highest BCUT2D eigenvalue weighted by Gasteiger charge is 2.23. The van der Waals surface area contributed by atoms with Crippen molar-refractivity contribution in [1.82, 2.24) is 16.0 Å². The number of guanidine groups is 1. The smallest absolute Gasteiger partial charge is 0.251 e. The number of aliphatic imine (C=N–C) groups is 1. The van der Waals surface area contributed by atoms with Gasteiger partial charge in [-0.05, 0) is 54.4 Å². The molecule has 1 amide bonds. The maximum Gasteiger partial charge on any atom is 0.251 e. The second-order valence-electron chi connectivity index (χ2n) is 6.29. The average molecular weight is 443 g/mol. The molecule has 152 valence electrons. The summed E-state index contributed by atoms with van der Waals surface area (Å²) in [6.07, 6.45) is 0. The number of rotatable bonds is 8. The van der Waals surface area contributed by atoms with Crippen LogP contribution in [0.1, 0.15) is 29.8 Å². The van der Waals surface area contributed by atoms with Gasteiger partial charge in [-0.15, -0.1) is 0 Å². The fourth-order valence-electron chi connectivity index (χ4n) is 2.33. The molecule has 0 saturated carbocycles. The van der Waals surface area contributed by atoms with Crippen LogP contribution in [0, 0.1) is 0 Å². The topological polar surface area (TPSA) is 85.8 Å². The molecule has 0 aliphatic rings. The lowest BCUT2D eigenvalue weighted by molar-refractivity contribution is 0.0677. The van der Waals surface area contributed by atoms with Crippen molar-refractivity contribution in [2.45, 2.75) is 19.4 Å². The fourth-order valence-corrected chi connectivity index (χ4v) is 3.41. The molecule has 2 rings (SSSR count). The lowest BCUT2D eigenvalue weighted by Crippen LogP contribution is -2.42. The molecular weight excluding hydrogens is 419 g/mol. The molecule has 6 nitrogen and oxygen atoms in total. The van der Waals surface area contributed by atoms with E-state index in [1.807, 2.05) is 23.8 Å². The van der Waals surface area contributed by atoms with Crippen LogP contribution in [0.15, 0.2) is 40.0 Å². The Kier molecular flexibility index (Phi) is 8.57. The minimum Gasteiger partial charge on any atom is -0.383 e. The summed E-state index contributed by atoms with van der Waals surface area (Å²) < 4.78 is 0. The quantitative estimate of drug-likeness (QED) is 0.287. The van der Waals surface area contributed by atoms with E-state index in [-0.39, 0.29) is 12.5 Å². The van der Waals surface area contributed by atoms with Crippen molar-refractivity contribution in [2.75, 3.05) is 26.2 Å².